The van der Waals surface area contributed by atoms with Crippen LogP contribution in [-0.2, 0) is 6.54 Å². The maximum absolute atomic E-state index is 4.20. The Balaban J connectivity index is 2.09. The number of benzene rings is 1. The van der Waals surface area contributed by atoms with Crippen LogP contribution in [0.3, 0.4) is 0 Å². The lowest BCUT2D eigenvalue weighted by atomic mass is 10.1. The largest absolute Gasteiger partial charge is 0.381 e. The Kier molecular flexibility index (Phi) is 3.43. The zero-order chi connectivity index (χ0) is 12.3. The number of nitrogens with one attached hydrogen (secondary N) is 1. The normalized spacial score (nSPS) is 10.3. The summed E-state index contributed by atoms with van der Waals surface area (Å²) in [6, 6.07) is 8.62. The molecule has 0 spiro atoms. The number of aryl methyl sites for hydroxylation is 3. The van der Waals surface area contributed by atoms with Crippen molar-refractivity contribution < 1.29 is 0 Å². The topological polar surface area (TPSA) is 24.9 Å². The molecule has 2 aromatic rings. The van der Waals surface area contributed by atoms with E-state index in [2.05, 4.69) is 55.3 Å². The molecule has 0 bridgehead atoms. The molecule has 88 valence electrons. The van der Waals surface area contributed by atoms with Gasteiger partial charge in [-0.15, -0.1) is 0 Å². The zero-order valence-electron chi connectivity index (χ0n) is 10.6. The quantitative estimate of drug-likeness (QED) is 0.864. The highest BCUT2D eigenvalue weighted by Crippen LogP contribution is 2.17. The summed E-state index contributed by atoms with van der Waals surface area (Å²) in [7, 11) is 0. The van der Waals surface area contributed by atoms with Gasteiger partial charge in [0.1, 0.15) is 0 Å². The molecule has 0 saturated carbocycles. The van der Waals surface area contributed by atoms with E-state index < -0.39 is 0 Å². The van der Waals surface area contributed by atoms with E-state index >= 15 is 0 Å². The maximum Gasteiger partial charge on any atom is 0.0416 e. The van der Waals surface area contributed by atoms with Crippen molar-refractivity contribution in [1.82, 2.24) is 4.98 Å². The number of hydrogen-bond donors (Lipinski definition) is 1. The second-order valence-electron chi connectivity index (χ2n) is 4.54. The first kappa shape index (κ1) is 11.6. The minimum atomic E-state index is 0.818. The summed E-state index contributed by atoms with van der Waals surface area (Å²) in [4.78, 5) is 4.20. The van der Waals surface area contributed by atoms with Gasteiger partial charge < -0.3 is 5.32 Å². The summed E-state index contributed by atoms with van der Waals surface area (Å²) in [5.41, 5.74) is 6.17. The van der Waals surface area contributed by atoms with Crippen LogP contribution in [0.15, 0.2) is 36.7 Å². The van der Waals surface area contributed by atoms with Gasteiger partial charge in [0.2, 0.25) is 0 Å². The first-order valence-electron chi connectivity index (χ1n) is 5.87. The van der Waals surface area contributed by atoms with E-state index in [4.69, 9.17) is 0 Å². The molecule has 1 aromatic carbocycles. The first-order valence-corrected chi connectivity index (χ1v) is 5.87. The third-order valence-corrected chi connectivity index (χ3v) is 2.81. The predicted octanol–water partition coefficient (Wildman–Crippen LogP) is 3.62. The summed E-state index contributed by atoms with van der Waals surface area (Å²) < 4.78 is 0. The second kappa shape index (κ2) is 5.00. The van der Waals surface area contributed by atoms with Gasteiger partial charge in [0, 0.05) is 24.6 Å². The number of anilines is 1. The average Bonchev–Trinajstić information content (AvgIpc) is 2.30. The van der Waals surface area contributed by atoms with Gasteiger partial charge in [0.15, 0.2) is 0 Å². The molecule has 1 aromatic heterocycles. The van der Waals surface area contributed by atoms with Crippen LogP contribution in [0.1, 0.15) is 22.3 Å². The van der Waals surface area contributed by atoms with Gasteiger partial charge in [-0.3, -0.25) is 4.98 Å². The van der Waals surface area contributed by atoms with E-state index in [0.29, 0.717) is 0 Å². The van der Waals surface area contributed by atoms with Gasteiger partial charge in [0.25, 0.3) is 0 Å². The molecule has 0 unspecified atom stereocenters. The molecule has 17 heavy (non-hydrogen) atoms. The van der Waals surface area contributed by atoms with Crippen molar-refractivity contribution in [2.24, 2.45) is 0 Å². The third-order valence-electron chi connectivity index (χ3n) is 2.81. The molecule has 2 heteroatoms. The Morgan fingerprint density at radius 2 is 1.82 bits per heavy atom. The van der Waals surface area contributed by atoms with E-state index in [1.54, 1.807) is 0 Å². The van der Waals surface area contributed by atoms with Crippen LogP contribution < -0.4 is 5.32 Å². The molecular formula is C15H18N2. The van der Waals surface area contributed by atoms with E-state index in [0.717, 1.165) is 6.54 Å². The summed E-state index contributed by atoms with van der Waals surface area (Å²) in [6.07, 6.45) is 3.78. The summed E-state index contributed by atoms with van der Waals surface area (Å²) in [5, 5.41) is 3.46. The molecule has 2 nitrogen and oxygen atoms in total. The highest BCUT2D eigenvalue weighted by atomic mass is 14.9. The molecule has 0 aliphatic heterocycles. The van der Waals surface area contributed by atoms with Crippen LogP contribution in [0.2, 0.25) is 0 Å². The monoisotopic (exact) mass is 226 g/mol. The highest BCUT2D eigenvalue weighted by Gasteiger charge is 1.99. The SMILES string of the molecule is Cc1cncc(CNc2cc(C)ccc2C)c1. The van der Waals surface area contributed by atoms with Gasteiger partial charge in [0.05, 0.1) is 0 Å². The van der Waals surface area contributed by atoms with E-state index in [1.165, 1.54) is 27.9 Å². The molecule has 0 saturated heterocycles. The van der Waals surface area contributed by atoms with Crippen LogP contribution in [0.5, 0.6) is 0 Å². The fourth-order valence-electron chi connectivity index (χ4n) is 1.84. The Morgan fingerprint density at radius 1 is 1.00 bits per heavy atom. The molecule has 0 aliphatic carbocycles. The standard InChI is InChI=1S/C15H18N2/c1-11-4-5-13(3)15(7-11)17-10-14-6-12(2)8-16-9-14/h4-9,17H,10H2,1-3H3. The van der Waals surface area contributed by atoms with Crippen LogP contribution in [0.25, 0.3) is 0 Å². The molecule has 0 fully saturated rings. The minimum absolute atomic E-state index is 0.818. The van der Waals surface area contributed by atoms with Gasteiger partial charge in [-0.05, 0) is 49.1 Å². The van der Waals surface area contributed by atoms with Gasteiger partial charge in [-0.1, -0.05) is 18.2 Å². The lowest BCUT2D eigenvalue weighted by Gasteiger charge is -2.10. The van der Waals surface area contributed by atoms with Gasteiger partial charge >= 0.3 is 0 Å². The Morgan fingerprint density at radius 3 is 2.59 bits per heavy atom. The number of rotatable bonds is 3. The lowest BCUT2D eigenvalue weighted by molar-refractivity contribution is 1.09. The molecule has 0 radical (unpaired) electrons. The minimum Gasteiger partial charge on any atom is -0.381 e. The average molecular weight is 226 g/mol. The maximum atomic E-state index is 4.20. The molecule has 0 atom stereocenters. The number of hydrogen-bond acceptors (Lipinski definition) is 2. The van der Waals surface area contributed by atoms with Crippen molar-refractivity contribution in [1.29, 1.82) is 0 Å². The zero-order valence-corrected chi connectivity index (χ0v) is 10.6. The number of aromatic nitrogens is 1. The predicted molar refractivity (Wildman–Crippen MR) is 72.2 cm³/mol. The van der Waals surface area contributed by atoms with E-state index in [9.17, 15) is 0 Å². The van der Waals surface area contributed by atoms with Gasteiger partial charge in [-0.2, -0.15) is 0 Å². The second-order valence-corrected chi connectivity index (χ2v) is 4.54. The van der Waals surface area contributed by atoms with E-state index in [1.807, 2.05) is 12.4 Å². The molecule has 0 aliphatic rings. The lowest BCUT2D eigenvalue weighted by Crippen LogP contribution is -2.02. The Bertz CT molecular complexity index is 518. The van der Waals surface area contributed by atoms with Crippen molar-refractivity contribution in [3.8, 4) is 0 Å². The Hall–Kier alpha value is -1.83. The van der Waals surface area contributed by atoms with Crippen LogP contribution in [-0.4, -0.2) is 4.98 Å². The van der Waals surface area contributed by atoms with Crippen molar-refractivity contribution in [2.45, 2.75) is 27.3 Å². The van der Waals surface area contributed by atoms with Crippen LogP contribution in [0, 0.1) is 20.8 Å². The van der Waals surface area contributed by atoms with Crippen LogP contribution in [0.4, 0.5) is 5.69 Å². The summed E-state index contributed by atoms with van der Waals surface area (Å²) >= 11 is 0. The summed E-state index contributed by atoms with van der Waals surface area (Å²) in [5.74, 6) is 0. The molecular weight excluding hydrogens is 208 g/mol. The first-order chi connectivity index (χ1) is 8.15. The van der Waals surface area contributed by atoms with Crippen molar-refractivity contribution >= 4 is 5.69 Å². The highest BCUT2D eigenvalue weighted by molar-refractivity contribution is 5.52. The molecule has 2 rings (SSSR count). The Labute approximate surface area is 103 Å². The number of nitrogens with zero attached hydrogens (tertiary/aromatic N) is 1. The summed E-state index contributed by atoms with van der Waals surface area (Å²) in [6.45, 7) is 7.11. The van der Waals surface area contributed by atoms with Gasteiger partial charge in [-0.25, -0.2) is 0 Å². The fourth-order valence-corrected chi connectivity index (χ4v) is 1.84. The fraction of sp³-hybridized carbons (Fsp3) is 0.267. The smallest absolute Gasteiger partial charge is 0.0416 e. The molecule has 0 amide bonds. The van der Waals surface area contributed by atoms with Crippen molar-refractivity contribution in [3.63, 3.8) is 0 Å². The van der Waals surface area contributed by atoms with Crippen molar-refractivity contribution in [2.75, 3.05) is 5.32 Å². The van der Waals surface area contributed by atoms with E-state index in [-0.39, 0.29) is 0 Å². The molecule has 1 heterocycles. The van der Waals surface area contributed by atoms with Crippen LogP contribution >= 0.6 is 0 Å². The third kappa shape index (κ3) is 3.06. The number of pyridine rings is 1. The van der Waals surface area contributed by atoms with Crippen molar-refractivity contribution in [3.05, 3.63) is 58.9 Å². The molecule has 1 N–H and O–H groups in total.